The molecule has 4 heterocycles. The predicted octanol–water partition coefficient (Wildman–Crippen LogP) is 1.32. The largest absolute Gasteiger partial charge is 0.467 e. The Bertz CT molecular complexity index is 1420. The smallest absolute Gasteiger partial charge is 0.332 e. The summed E-state index contributed by atoms with van der Waals surface area (Å²) in [5, 5.41) is 8.27. The van der Waals surface area contributed by atoms with Crippen molar-refractivity contribution in [3.05, 3.63) is 75.1 Å². The summed E-state index contributed by atoms with van der Waals surface area (Å²) >= 11 is 1.13. The van der Waals surface area contributed by atoms with Gasteiger partial charge in [-0.1, -0.05) is 11.8 Å². The molecule has 4 rings (SSSR count). The van der Waals surface area contributed by atoms with Crippen LogP contribution < -0.4 is 17.0 Å². The molecular formula is C21H21N7O4S. The Morgan fingerprint density at radius 3 is 2.64 bits per heavy atom. The summed E-state index contributed by atoms with van der Waals surface area (Å²) < 4.78 is 9.23. The maximum atomic E-state index is 13.2. The lowest BCUT2D eigenvalue weighted by Gasteiger charge is -2.15. The Labute approximate surface area is 191 Å². The number of thioether (sulfide) groups is 1. The number of hydrogen-bond donors (Lipinski definition) is 1. The number of carbonyl (C=O) groups excluding carboxylic acids is 1. The molecule has 0 radical (unpaired) electrons. The summed E-state index contributed by atoms with van der Waals surface area (Å²) in [7, 11) is 2.71. The highest BCUT2D eigenvalue weighted by Gasteiger charge is 2.27. The van der Waals surface area contributed by atoms with Crippen molar-refractivity contribution in [2.45, 2.75) is 23.9 Å². The van der Waals surface area contributed by atoms with E-state index in [1.165, 1.54) is 14.1 Å². The SMILES string of the molecule is CC(Sc1nnc(-c2cccnc2)n1Cc1ccco1)C(=O)c1c(N)n(C)c(=O)n(C)c1=O. The number of carbonyl (C=O) groups is 1. The zero-order valence-electron chi connectivity index (χ0n) is 18.1. The highest BCUT2D eigenvalue weighted by Crippen LogP contribution is 2.29. The minimum Gasteiger partial charge on any atom is -0.467 e. The Kier molecular flexibility index (Phi) is 6.01. The number of aromatic nitrogens is 6. The minimum atomic E-state index is -0.737. The van der Waals surface area contributed by atoms with Crippen LogP contribution in [0.15, 0.2) is 62.1 Å². The van der Waals surface area contributed by atoms with Gasteiger partial charge in [0.1, 0.15) is 17.1 Å². The van der Waals surface area contributed by atoms with Crippen molar-refractivity contribution >= 4 is 23.4 Å². The molecule has 0 fully saturated rings. The van der Waals surface area contributed by atoms with Crippen molar-refractivity contribution < 1.29 is 9.21 Å². The van der Waals surface area contributed by atoms with Gasteiger partial charge in [-0.05, 0) is 31.2 Å². The number of nitrogen functional groups attached to an aromatic ring is 1. The van der Waals surface area contributed by atoms with E-state index in [2.05, 4.69) is 15.2 Å². The number of anilines is 1. The van der Waals surface area contributed by atoms with E-state index in [1.807, 2.05) is 16.7 Å². The van der Waals surface area contributed by atoms with Crippen LogP contribution in [0.2, 0.25) is 0 Å². The first kappa shape index (κ1) is 22.3. The number of pyridine rings is 1. The zero-order valence-corrected chi connectivity index (χ0v) is 18.9. The summed E-state index contributed by atoms with van der Waals surface area (Å²) in [4.78, 5) is 42.0. The lowest BCUT2D eigenvalue weighted by atomic mass is 10.1. The summed E-state index contributed by atoms with van der Waals surface area (Å²) in [6, 6.07) is 7.25. The van der Waals surface area contributed by atoms with Gasteiger partial charge in [0.15, 0.2) is 16.8 Å². The van der Waals surface area contributed by atoms with Gasteiger partial charge in [-0.25, -0.2) is 4.79 Å². The van der Waals surface area contributed by atoms with E-state index in [9.17, 15) is 14.4 Å². The number of nitrogens with two attached hydrogens (primary N) is 1. The van der Waals surface area contributed by atoms with Crippen LogP contribution in [0.5, 0.6) is 0 Å². The molecule has 1 atom stereocenters. The van der Waals surface area contributed by atoms with Gasteiger partial charge in [0.2, 0.25) is 0 Å². The minimum absolute atomic E-state index is 0.173. The number of Topliss-reactive ketones (excluding diaryl/α,β-unsaturated/α-hetero) is 1. The quantitative estimate of drug-likeness (QED) is 0.314. The number of nitrogens with zero attached hydrogens (tertiary/aromatic N) is 6. The van der Waals surface area contributed by atoms with Gasteiger partial charge >= 0.3 is 5.69 Å². The van der Waals surface area contributed by atoms with Crippen LogP contribution in [0, 0.1) is 0 Å². The molecule has 0 saturated heterocycles. The number of ketones is 1. The van der Waals surface area contributed by atoms with Crippen LogP contribution in [0.1, 0.15) is 23.0 Å². The molecule has 0 saturated carbocycles. The number of furan rings is 1. The number of rotatable bonds is 7. The fourth-order valence-electron chi connectivity index (χ4n) is 3.29. The van der Waals surface area contributed by atoms with E-state index in [4.69, 9.17) is 10.2 Å². The first-order valence-electron chi connectivity index (χ1n) is 9.92. The summed E-state index contributed by atoms with van der Waals surface area (Å²) in [5.74, 6) is 0.550. The topological polar surface area (TPSA) is 144 Å². The zero-order chi connectivity index (χ0) is 23.7. The average Bonchev–Trinajstić information content (AvgIpc) is 3.47. The summed E-state index contributed by atoms with van der Waals surface area (Å²) in [6.07, 6.45) is 4.90. The van der Waals surface area contributed by atoms with E-state index in [0.29, 0.717) is 23.3 Å². The van der Waals surface area contributed by atoms with Gasteiger partial charge in [-0.3, -0.25) is 28.3 Å². The molecule has 2 N–H and O–H groups in total. The molecule has 33 heavy (non-hydrogen) atoms. The first-order chi connectivity index (χ1) is 15.8. The Morgan fingerprint density at radius 2 is 1.97 bits per heavy atom. The normalized spacial score (nSPS) is 12.1. The second-order valence-electron chi connectivity index (χ2n) is 7.30. The fraction of sp³-hybridized carbons (Fsp3) is 0.238. The third-order valence-corrected chi connectivity index (χ3v) is 6.22. The standard InChI is InChI=1S/C21H21N7O4S/c1-12(16(29)15-17(22)26(2)21(31)27(3)19(15)30)33-20-25-24-18(13-6-4-8-23-10-13)28(20)11-14-7-5-9-32-14/h4-10,12H,11,22H2,1-3H3. The molecule has 0 spiro atoms. The monoisotopic (exact) mass is 467 g/mol. The van der Waals surface area contributed by atoms with Gasteiger partial charge in [-0.2, -0.15) is 0 Å². The molecule has 4 aromatic rings. The maximum Gasteiger partial charge on any atom is 0.332 e. The van der Waals surface area contributed by atoms with Gasteiger partial charge in [0.25, 0.3) is 5.56 Å². The Hall–Kier alpha value is -3.93. The van der Waals surface area contributed by atoms with Crippen LogP contribution in [0.4, 0.5) is 5.82 Å². The third-order valence-electron chi connectivity index (χ3n) is 5.14. The molecular weight excluding hydrogens is 446 g/mol. The van der Waals surface area contributed by atoms with Crippen LogP contribution in [0.25, 0.3) is 11.4 Å². The highest BCUT2D eigenvalue weighted by atomic mass is 32.2. The first-order valence-corrected chi connectivity index (χ1v) is 10.8. The predicted molar refractivity (Wildman–Crippen MR) is 122 cm³/mol. The van der Waals surface area contributed by atoms with Gasteiger partial charge < -0.3 is 10.2 Å². The molecule has 0 aliphatic rings. The molecule has 1 unspecified atom stereocenters. The second-order valence-corrected chi connectivity index (χ2v) is 8.61. The van der Waals surface area contributed by atoms with Crippen LogP contribution in [-0.2, 0) is 20.6 Å². The van der Waals surface area contributed by atoms with Crippen molar-refractivity contribution in [1.29, 1.82) is 0 Å². The Balaban J connectivity index is 1.71. The van der Waals surface area contributed by atoms with Gasteiger partial charge in [0, 0.05) is 32.1 Å². The molecule has 170 valence electrons. The molecule has 0 bridgehead atoms. The molecule has 11 nitrogen and oxygen atoms in total. The van der Waals surface area contributed by atoms with Crippen molar-refractivity contribution in [3.63, 3.8) is 0 Å². The molecule has 4 aromatic heterocycles. The van der Waals surface area contributed by atoms with Crippen molar-refractivity contribution in [2.24, 2.45) is 14.1 Å². The third kappa shape index (κ3) is 4.12. The van der Waals surface area contributed by atoms with E-state index < -0.39 is 22.3 Å². The van der Waals surface area contributed by atoms with Crippen LogP contribution in [0.3, 0.4) is 0 Å². The summed E-state index contributed by atoms with van der Waals surface area (Å²) in [6.45, 7) is 1.98. The van der Waals surface area contributed by atoms with Crippen molar-refractivity contribution in [2.75, 3.05) is 5.73 Å². The van der Waals surface area contributed by atoms with Crippen molar-refractivity contribution in [1.82, 2.24) is 28.9 Å². The van der Waals surface area contributed by atoms with Gasteiger partial charge in [-0.15, -0.1) is 10.2 Å². The van der Waals surface area contributed by atoms with Gasteiger partial charge in [0.05, 0.1) is 18.1 Å². The Morgan fingerprint density at radius 1 is 1.18 bits per heavy atom. The maximum absolute atomic E-state index is 13.2. The molecule has 0 aromatic carbocycles. The van der Waals surface area contributed by atoms with Crippen LogP contribution in [-0.4, -0.2) is 39.9 Å². The molecule has 0 amide bonds. The molecule has 0 aliphatic heterocycles. The van der Waals surface area contributed by atoms with E-state index in [1.54, 1.807) is 37.7 Å². The molecule has 0 aliphatic carbocycles. The summed E-state index contributed by atoms with van der Waals surface area (Å²) in [5.41, 5.74) is 5.13. The lowest BCUT2D eigenvalue weighted by molar-refractivity contribution is 0.0992. The van der Waals surface area contributed by atoms with Crippen molar-refractivity contribution in [3.8, 4) is 11.4 Å². The lowest BCUT2D eigenvalue weighted by Crippen LogP contribution is -2.42. The van der Waals surface area contributed by atoms with E-state index in [-0.39, 0.29) is 11.4 Å². The number of hydrogen-bond acceptors (Lipinski definition) is 9. The fourth-order valence-corrected chi connectivity index (χ4v) is 4.20. The van der Waals surface area contributed by atoms with Crippen LogP contribution >= 0.6 is 11.8 Å². The highest BCUT2D eigenvalue weighted by molar-refractivity contribution is 8.00. The van der Waals surface area contributed by atoms with E-state index in [0.717, 1.165) is 26.5 Å². The van der Waals surface area contributed by atoms with E-state index >= 15 is 0 Å². The molecule has 12 heteroatoms. The average molecular weight is 468 g/mol. The second kappa shape index (κ2) is 8.90.